The minimum Gasteiger partial charge on any atom is -0.507 e. The summed E-state index contributed by atoms with van der Waals surface area (Å²) in [6, 6.07) is 20.6. The standard InChI is InChI=1S/C28H26ClNO5/c1-3-34-21-13-10-18(11-14-21)17-30-25(19-8-6-5-7-9-19)24(27(32)28(30)33)26(31)20-12-15-22(29)23(16-20)35-4-2/h5-16,25,31H,3-4,17H2,1-2H3/b26-24-. The van der Waals surface area contributed by atoms with Crippen molar-refractivity contribution in [2.45, 2.75) is 26.4 Å². The molecule has 1 aliphatic heterocycles. The molecular formula is C28H26ClNO5. The average Bonchev–Trinajstić information content (AvgIpc) is 3.12. The smallest absolute Gasteiger partial charge is 0.295 e. The van der Waals surface area contributed by atoms with E-state index in [-0.39, 0.29) is 17.9 Å². The van der Waals surface area contributed by atoms with Crippen LogP contribution in [0.25, 0.3) is 5.76 Å². The Morgan fingerprint density at radius 2 is 1.63 bits per heavy atom. The van der Waals surface area contributed by atoms with Gasteiger partial charge in [0.25, 0.3) is 11.7 Å². The van der Waals surface area contributed by atoms with Crippen molar-refractivity contribution in [1.29, 1.82) is 0 Å². The van der Waals surface area contributed by atoms with Crippen LogP contribution in [0.5, 0.6) is 11.5 Å². The SMILES string of the molecule is CCOc1ccc(CN2C(=O)C(=O)/C(=C(\O)c3ccc(Cl)c(OCC)c3)C2c2ccccc2)cc1. The third-order valence-electron chi connectivity index (χ3n) is 5.75. The van der Waals surface area contributed by atoms with Gasteiger partial charge in [0.1, 0.15) is 17.3 Å². The number of ketones is 1. The molecule has 0 aliphatic carbocycles. The lowest BCUT2D eigenvalue weighted by Gasteiger charge is -2.25. The molecule has 1 atom stereocenters. The van der Waals surface area contributed by atoms with Crippen molar-refractivity contribution in [3.05, 3.63) is 100 Å². The maximum Gasteiger partial charge on any atom is 0.295 e. The van der Waals surface area contributed by atoms with Gasteiger partial charge < -0.3 is 19.5 Å². The van der Waals surface area contributed by atoms with Crippen molar-refractivity contribution in [2.24, 2.45) is 0 Å². The molecular weight excluding hydrogens is 466 g/mol. The largest absolute Gasteiger partial charge is 0.507 e. The van der Waals surface area contributed by atoms with Crippen LogP contribution in [-0.4, -0.2) is 34.9 Å². The van der Waals surface area contributed by atoms with Gasteiger partial charge in [-0.2, -0.15) is 0 Å². The molecule has 4 rings (SSSR count). The third kappa shape index (κ3) is 5.03. The van der Waals surface area contributed by atoms with Gasteiger partial charge in [0, 0.05) is 12.1 Å². The Hall–Kier alpha value is -3.77. The number of Topliss-reactive ketones (excluding diaryl/α,β-unsaturated/α-hetero) is 1. The lowest BCUT2D eigenvalue weighted by Crippen LogP contribution is -2.29. The highest BCUT2D eigenvalue weighted by atomic mass is 35.5. The van der Waals surface area contributed by atoms with E-state index >= 15 is 0 Å². The van der Waals surface area contributed by atoms with Crippen LogP contribution in [0.1, 0.15) is 36.6 Å². The summed E-state index contributed by atoms with van der Waals surface area (Å²) in [5.41, 5.74) is 1.93. The number of aliphatic hydroxyl groups excluding tert-OH is 1. The van der Waals surface area contributed by atoms with Crippen LogP contribution in [0.4, 0.5) is 0 Å². The van der Waals surface area contributed by atoms with Gasteiger partial charge in [-0.25, -0.2) is 0 Å². The molecule has 1 aliphatic rings. The van der Waals surface area contributed by atoms with Crippen molar-refractivity contribution in [1.82, 2.24) is 4.90 Å². The Labute approximate surface area is 209 Å². The van der Waals surface area contributed by atoms with Gasteiger partial charge in [-0.15, -0.1) is 0 Å². The molecule has 0 bridgehead atoms. The first kappa shape index (κ1) is 24.4. The number of amides is 1. The highest BCUT2D eigenvalue weighted by molar-refractivity contribution is 6.46. The monoisotopic (exact) mass is 491 g/mol. The molecule has 0 spiro atoms. The molecule has 1 heterocycles. The van der Waals surface area contributed by atoms with Crippen molar-refractivity contribution >= 4 is 29.1 Å². The molecule has 35 heavy (non-hydrogen) atoms. The predicted molar refractivity (Wildman–Crippen MR) is 135 cm³/mol. The van der Waals surface area contributed by atoms with E-state index in [1.165, 1.54) is 4.90 Å². The number of likely N-dealkylation sites (tertiary alicyclic amines) is 1. The first-order valence-electron chi connectivity index (χ1n) is 11.4. The maximum atomic E-state index is 13.2. The van der Waals surface area contributed by atoms with E-state index < -0.39 is 17.7 Å². The van der Waals surface area contributed by atoms with E-state index in [0.717, 1.165) is 16.9 Å². The zero-order valence-electron chi connectivity index (χ0n) is 19.5. The second kappa shape index (κ2) is 10.7. The predicted octanol–water partition coefficient (Wildman–Crippen LogP) is 5.76. The summed E-state index contributed by atoms with van der Waals surface area (Å²) >= 11 is 6.20. The van der Waals surface area contributed by atoms with E-state index in [9.17, 15) is 14.7 Å². The quantitative estimate of drug-likeness (QED) is 0.246. The molecule has 3 aromatic rings. The fraction of sp³-hybridized carbons (Fsp3) is 0.214. The van der Waals surface area contributed by atoms with Gasteiger partial charge in [0.2, 0.25) is 0 Å². The Morgan fingerprint density at radius 1 is 0.943 bits per heavy atom. The summed E-state index contributed by atoms with van der Waals surface area (Å²) in [5.74, 6) is -0.573. The first-order valence-corrected chi connectivity index (χ1v) is 11.8. The van der Waals surface area contributed by atoms with E-state index in [2.05, 4.69) is 0 Å². The molecule has 0 aromatic heterocycles. The summed E-state index contributed by atoms with van der Waals surface area (Å²) in [6.45, 7) is 4.87. The number of rotatable bonds is 8. The van der Waals surface area contributed by atoms with Crippen molar-refractivity contribution in [3.63, 3.8) is 0 Å². The molecule has 1 N–H and O–H groups in total. The zero-order chi connectivity index (χ0) is 24.9. The number of benzene rings is 3. The van der Waals surface area contributed by atoms with E-state index in [4.69, 9.17) is 21.1 Å². The number of ether oxygens (including phenoxy) is 2. The van der Waals surface area contributed by atoms with Crippen LogP contribution >= 0.6 is 11.6 Å². The Kier molecular flexibility index (Phi) is 7.42. The molecule has 1 amide bonds. The summed E-state index contributed by atoms with van der Waals surface area (Å²) in [6.07, 6.45) is 0. The highest BCUT2D eigenvalue weighted by Gasteiger charge is 2.46. The van der Waals surface area contributed by atoms with E-state index in [0.29, 0.717) is 29.5 Å². The van der Waals surface area contributed by atoms with Crippen molar-refractivity contribution in [3.8, 4) is 11.5 Å². The molecule has 1 saturated heterocycles. The number of hydrogen-bond donors (Lipinski definition) is 1. The number of aliphatic hydroxyl groups is 1. The fourth-order valence-electron chi connectivity index (χ4n) is 4.15. The van der Waals surface area contributed by atoms with Gasteiger partial charge >= 0.3 is 0 Å². The van der Waals surface area contributed by atoms with Gasteiger partial charge in [-0.3, -0.25) is 9.59 Å². The minimum absolute atomic E-state index is 0.0249. The third-order valence-corrected chi connectivity index (χ3v) is 6.06. The summed E-state index contributed by atoms with van der Waals surface area (Å²) in [5, 5.41) is 11.7. The molecule has 0 radical (unpaired) electrons. The molecule has 7 heteroatoms. The minimum atomic E-state index is -0.756. The molecule has 180 valence electrons. The van der Waals surface area contributed by atoms with Crippen LogP contribution in [0, 0.1) is 0 Å². The van der Waals surface area contributed by atoms with Gasteiger partial charge in [0.05, 0.1) is 29.9 Å². The van der Waals surface area contributed by atoms with Crippen LogP contribution in [0.15, 0.2) is 78.4 Å². The number of carbonyl (C=O) groups is 2. The summed E-state index contributed by atoms with van der Waals surface area (Å²) in [4.78, 5) is 27.9. The lowest BCUT2D eigenvalue weighted by atomic mass is 9.95. The second-order valence-corrected chi connectivity index (χ2v) is 8.40. The fourth-order valence-corrected chi connectivity index (χ4v) is 4.32. The van der Waals surface area contributed by atoms with Crippen LogP contribution in [-0.2, 0) is 16.1 Å². The van der Waals surface area contributed by atoms with Gasteiger partial charge in [-0.1, -0.05) is 54.1 Å². The molecule has 0 saturated carbocycles. The van der Waals surface area contributed by atoms with Gasteiger partial charge in [0.15, 0.2) is 0 Å². The van der Waals surface area contributed by atoms with Gasteiger partial charge in [-0.05, 0) is 55.3 Å². The molecule has 1 fully saturated rings. The maximum absolute atomic E-state index is 13.2. The van der Waals surface area contributed by atoms with Crippen molar-refractivity contribution in [2.75, 3.05) is 13.2 Å². The normalized spacial score (nSPS) is 17.0. The topological polar surface area (TPSA) is 76.1 Å². The number of carbonyl (C=O) groups excluding carboxylic acids is 2. The molecule has 6 nitrogen and oxygen atoms in total. The van der Waals surface area contributed by atoms with E-state index in [1.807, 2.05) is 68.4 Å². The molecule has 1 unspecified atom stereocenters. The van der Waals surface area contributed by atoms with Crippen molar-refractivity contribution < 1.29 is 24.2 Å². The van der Waals surface area contributed by atoms with E-state index in [1.54, 1.807) is 18.2 Å². The van der Waals surface area contributed by atoms with Crippen LogP contribution in [0.3, 0.4) is 0 Å². The van der Waals surface area contributed by atoms with Crippen LogP contribution < -0.4 is 9.47 Å². The summed E-state index contributed by atoms with van der Waals surface area (Å²) < 4.78 is 11.0. The summed E-state index contributed by atoms with van der Waals surface area (Å²) in [7, 11) is 0. The number of nitrogens with zero attached hydrogens (tertiary/aromatic N) is 1. The first-order chi connectivity index (χ1) is 16.9. The second-order valence-electron chi connectivity index (χ2n) is 7.99. The average molecular weight is 492 g/mol. The molecule has 3 aromatic carbocycles. The number of hydrogen-bond acceptors (Lipinski definition) is 5. The zero-order valence-corrected chi connectivity index (χ0v) is 20.3. The number of halogens is 1. The Balaban J connectivity index is 1.78. The lowest BCUT2D eigenvalue weighted by molar-refractivity contribution is -0.140. The Morgan fingerprint density at radius 3 is 2.29 bits per heavy atom. The highest BCUT2D eigenvalue weighted by Crippen LogP contribution is 2.41. The Bertz CT molecular complexity index is 1250. The van der Waals surface area contributed by atoms with Crippen LogP contribution in [0.2, 0.25) is 5.02 Å².